The highest BCUT2D eigenvalue weighted by molar-refractivity contribution is 5.94. The number of hydrogen-bond acceptors (Lipinski definition) is 2. The summed E-state index contributed by atoms with van der Waals surface area (Å²) in [5.41, 5.74) is 3.54. The molecule has 1 aromatic heterocycles. The van der Waals surface area contributed by atoms with Gasteiger partial charge in [0.15, 0.2) is 5.82 Å². The van der Waals surface area contributed by atoms with Crippen LogP contribution in [0.3, 0.4) is 0 Å². The van der Waals surface area contributed by atoms with Crippen LogP contribution < -0.4 is 4.74 Å². The van der Waals surface area contributed by atoms with Crippen molar-refractivity contribution in [1.29, 1.82) is 0 Å². The Morgan fingerprint density at radius 3 is 2.73 bits per heavy atom. The number of hydrogen-bond donors (Lipinski definition) is 0. The zero-order valence-corrected chi connectivity index (χ0v) is 13.1. The zero-order valence-electron chi connectivity index (χ0n) is 13.1. The third-order valence-corrected chi connectivity index (χ3v) is 3.84. The molecule has 0 aliphatic heterocycles. The monoisotopic (exact) mass is 298 g/mol. The molecule has 4 heteroatoms. The lowest BCUT2D eigenvalue weighted by atomic mass is 10.0. The van der Waals surface area contributed by atoms with Crippen molar-refractivity contribution < 1.29 is 9.13 Å². The number of fused-ring (bicyclic) bond motifs is 1. The average molecular weight is 298 g/mol. The van der Waals surface area contributed by atoms with Gasteiger partial charge in [-0.05, 0) is 43.2 Å². The number of rotatable bonds is 4. The molecule has 0 aliphatic rings. The van der Waals surface area contributed by atoms with Gasteiger partial charge in [-0.1, -0.05) is 19.1 Å². The molecule has 0 spiro atoms. The van der Waals surface area contributed by atoms with Crippen LogP contribution in [0.15, 0.2) is 36.4 Å². The molecule has 2 aromatic carbocycles. The Morgan fingerprint density at radius 1 is 1.23 bits per heavy atom. The minimum Gasteiger partial charge on any atom is -0.497 e. The van der Waals surface area contributed by atoms with E-state index >= 15 is 0 Å². The summed E-state index contributed by atoms with van der Waals surface area (Å²) in [6.45, 7) is 4.88. The topological polar surface area (TPSA) is 27.1 Å². The predicted octanol–water partition coefficient (Wildman–Crippen LogP) is 4.57. The first-order chi connectivity index (χ1) is 10.7. The van der Waals surface area contributed by atoms with Crippen LogP contribution in [0, 0.1) is 12.7 Å². The smallest absolute Gasteiger partial charge is 0.151 e. The molecule has 0 bridgehead atoms. The molecule has 0 amide bonds. The van der Waals surface area contributed by atoms with Gasteiger partial charge in [0.2, 0.25) is 0 Å². The molecule has 0 fully saturated rings. The molecule has 3 nitrogen and oxygen atoms in total. The Kier molecular flexibility index (Phi) is 3.84. The van der Waals surface area contributed by atoms with Gasteiger partial charge in [-0.15, -0.1) is 0 Å². The number of aromatic nitrogens is 2. The van der Waals surface area contributed by atoms with E-state index < -0.39 is 0 Å². The molecular formula is C18H19FN2O. The highest BCUT2D eigenvalue weighted by Gasteiger charge is 2.17. The maximum atomic E-state index is 14.1. The molecule has 1 heterocycles. The summed E-state index contributed by atoms with van der Waals surface area (Å²) < 4.78 is 21.2. The molecule has 0 radical (unpaired) electrons. The highest BCUT2D eigenvalue weighted by Crippen LogP contribution is 2.33. The van der Waals surface area contributed by atoms with Crippen molar-refractivity contribution in [3.05, 3.63) is 47.8 Å². The van der Waals surface area contributed by atoms with Crippen LogP contribution in [-0.2, 0) is 6.54 Å². The fraction of sp³-hybridized carbons (Fsp3) is 0.278. The molecule has 3 aromatic rings. The summed E-state index contributed by atoms with van der Waals surface area (Å²) in [4.78, 5) is 0. The molecule has 0 N–H and O–H groups in total. The highest BCUT2D eigenvalue weighted by atomic mass is 19.1. The Morgan fingerprint density at radius 2 is 2.05 bits per heavy atom. The van der Waals surface area contributed by atoms with Crippen molar-refractivity contribution in [3.63, 3.8) is 0 Å². The first kappa shape index (κ1) is 14.6. The third kappa shape index (κ3) is 2.34. The first-order valence-electron chi connectivity index (χ1n) is 7.45. The first-order valence-corrected chi connectivity index (χ1v) is 7.45. The summed E-state index contributed by atoms with van der Waals surface area (Å²) in [6, 6.07) is 11.0. The van der Waals surface area contributed by atoms with E-state index in [1.54, 1.807) is 13.2 Å². The largest absolute Gasteiger partial charge is 0.497 e. The van der Waals surface area contributed by atoms with E-state index in [2.05, 4.69) is 12.0 Å². The van der Waals surface area contributed by atoms with Gasteiger partial charge in [-0.3, -0.25) is 4.68 Å². The Hall–Kier alpha value is -2.36. The normalized spacial score (nSPS) is 11.1. The van der Waals surface area contributed by atoms with Gasteiger partial charge in [0, 0.05) is 17.5 Å². The van der Waals surface area contributed by atoms with Crippen molar-refractivity contribution >= 4 is 10.9 Å². The van der Waals surface area contributed by atoms with E-state index in [1.807, 2.05) is 35.9 Å². The second kappa shape index (κ2) is 5.79. The fourth-order valence-electron chi connectivity index (χ4n) is 2.80. The Bertz CT molecular complexity index is 823. The van der Waals surface area contributed by atoms with E-state index in [4.69, 9.17) is 4.74 Å². The van der Waals surface area contributed by atoms with Crippen LogP contribution in [0.1, 0.15) is 18.9 Å². The van der Waals surface area contributed by atoms with Crippen LogP contribution in [0.4, 0.5) is 4.39 Å². The number of methoxy groups -OCH3 is 1. The molecule has 0 saturated heterocycles. The molecule has 3 rings (SSSR count). The maximum Gasteiger partial charge on any atom is 0.151 e. The second-order valence-corrected chi connectivity index (χ2v) is 5.39. The molecule has 114 valence electrons. The maximum absolute atomic E-state index is 14.1. The number of nitrogens with zero attached hydrogens (tertiary/aromatic N) is 2. The van der Waals surface area contributed by atoms with Gasteiger partial charge in [-0.2, -0.15) is 5.10 Å². The molecular weight excluding hydrogens is 279 g/mol. The average Bonchev–Trinajstić information content (AvgIpc) is 2.87. The summed E-state index contributed by atoms with van der Waals surface area (Å²) in [5, 5.41) is 5.32. The molecule has 0 aliphatic carbocycles. The SMILES string of the molecule is CCCn1nc2c(F)cccc2c1-c1ccc(OC)cc1C. The molecule has 0 saturated carbocycles. The van der Waals surface area contributed by atoms with Gasteiger partial charge in [0.25, 0.3) is 0 Å². The predicted molar refractivity (Wildman–Crippen MR) is 86.7 cm³/mol. The van der Waals surface area contributed by atoms with Crippen molar-refractivity contribution in [3.8, 4) is 17.0 Å². The standard InChI is InChI=1S/C18H19FN2O/c1-4-10-21-18(14-9-8-13(22-3)11-12(14)2)15-6-5-7-16(19)17(15)20-21/h5-9,11H,4,10H2,1-3H3. The quantitative estimate of drug-likeness (QED) is 0.705. The van der Waals surface area contributed by atoms with Crippen molar-refractivity contribution in [2.45, 2.75) is 26.8 Å². The number of ether oxygens (including phenoxy) is 1. The summed E-state index contributed by atoms with van der Waals surface area (Å²) in [5.74, 6) is 0.540. The van der Waals surface area contributed by atoms with Gasteiger partial charge in [0.05, 0.1) is 12.8 Å². The summed E-state index contributed by atoms with van der Waals surface area (Å²) in [7, 11) is 1.65. The van der Waals surface area contributed by atoms with Crippen LogP contribution in [0.25, 0.3) is 22.2 Å². The second-order valence-electron chi connectivity index (χ2n) is 5.39. The lowest BCUT2D eigenvalue weighted by molar-refractivity contribution is 0.414. The van der Waals surface area contributed by atoms with Crippen LogP contribution in [0.2, 0.25) is 0 Å². The van der Waals surface area contributed by atoms with Gasteiger partial charge in [-0.25, -0.2) is 4.39 Å². The van der Waals surface area contributed by atoms with E-state index in [9.17, 15) is 4.39 Å². The molecule has 22 heavy (non-hydrogen) atoms. The minimum atomic E-state index is -0.278. The van der Waals surface area contributed by atoms with E-state index in [0.29, 0.717) is 5.52 Å². The van der Waals surface area contributed by atoms with Crippen LogP contribution in [0.5, 0.6) is 5.75 Å². The van der Waals surface area contributed by atoms with Crippen LogP contribution >= 0.6 is 0 Å². The fourth-order valence-corrected chi connectivity index (χ4v) is 2.80. The van der Waals surface area contributed by atoms with Crippen molar-refractivity contribution in [2.24, 2.45) is 0 Å². The minimum absolute atomic E-state index is 0.278. The number of aryl methyl sites for hydroxylation is 2. The van der Waals surface area contributed by atoms with E-state index in [0.717, 1.165) is 40.9 Å². The summed E-state index contributed by atoms with van der Waals surface area (Å²) >= 11 is 0. The number of benzene rings is 2. The molecule has 0 unspecified atom stereocenters. The lowest BCUT2D eigenvalue weighted by Gasteiger charge is -2.11. The zero-order chi connectivity index (χ0) is 15.7. The van der Waals surface area contributed by atoms with Crippen molar-refractivity contribution in [1.82, 2.24) is 9.78 Å². The Balaban J connectivity index is 2.29. The third-order valence-electron chi connectivity index (χ3n) is 3.84. The van der Waals surface area contributed by atoms with Gasteiger partial charge < -0.3 is 4.74 Å². The van der Waals surface area contributed by atoms with E-state index in [1.165, 1.54) is 6.07 Å². The Labute approximate surface area is 129 Å². The van der Waals surface area contributed by atoms with Gasteiger partial charge in [0.1, 0.15) is 11.3 Å². The van der Waals surface area contributed by atoms with E-state index in [-0.39, 0.29) is 5.82 Å². The number of halogens is 1. The lowest BCUT2D eigenvalue weighted by Crippen LogP contribution is -2.02. The van der Waals surface area contributed by atoms with Crippen LogP contribution in [-0.4, -0.2) is 16.9 Å². The van der Waals surface area contributed by atoms with Gasteiger partial charge >= 0.3 is 0 Å². The summed E-state index contributed by atoms with van der Waals surface area (Å²) in [6.07, 6.45) is 0.942. The van der Waals surface area contributed by atoms with Crippen molar-refractivity contribution in [2.75, 3.05) is 7.11 Å². The molecule has 0 atom stereocenters.